The van der Waals surface area contributed by atoms with E-state index in [0.29, 0.717) is 63.8 Å². The van der Waals surface area contributed by atoms with Crippen molar-refractivity contribution in [3.05, 3.63) is 89.2 Å². The Morgan fingerprint density at radius 2 is 1.12 bits per heavy atom. The highest BCUT2D eigenvalue weighted by molar-refractivity contribution is 7.98. The number of nitrogens with zero attached hydrogens (tertiary/aromatic N) is 3. The summed E-state index contributed by atoms with van der Waals surface area (Å²) in [5.74, 6) is -24.2. The van der Waals surface area contributed by atoms with Gasteiger partial charge in [0.15, 0.2) is 40.4 Å². The zero-order chi connectivity index (χ0) is 108. The maximum Gasteiger partial charge on any atom is 0.303 e. The molecule has 0 aliphatic carbocycles. The van der Waals surface area contributed by atoms with E-state index in [0.717, 1.165) is 23.6 Å². The number of hydrogen-bond donors (Lipinski definition) is 14. The minimum Gasteiger partial charge on any atom is -0.481 e. The predicted octanol–water partition coefficient (Wildman–Crippen LogP) is 7.49. The van der Waals surface area contributed by atoms with Crippen LogP contribution in [0.1, 0.15) is 265 Å². The molecule has 0 bridgehead atoms. The minimum atomic E-state index is -4.53. The van der Waals surface area contributed by atoms with Crippen LogP contribution < -0.4 is 47.9 Å². The van der Waals surface area contributed by atoms with Crippen molar-refractivity contribution < 1.29 is 148 Å². The number of carbonyl (C=O) groups excluding carboxylic acids is 15. The van der Waals surface area contributed by atoms with Gasteiger partial charge in [0.1, 0.15) is 31.8 Å². The number of thioether (sulfide) groups is 1. The van der Waals surface area contributed by atoms with E-state index in [4.69, 9.17) is 15.2 Å². The zero-order valence-electron chi connectivity index (χ0n) is 85.0. The second kappa shape index (κ2) is 61.4. The van der Waals surface area contributed by atoms with E-state index in [9.17, 15) is 134 Å². The van der Waals surface area contributed by atoms with Crippen molar-refractivity contribution in [3.63, 3.8) is 0 Å². The average Bonchev–Trinajstić information content (AvgIpc) is 1.59. The first-order valence-corrected chi connectivity index (χ1v) is 52.4. The quantitative estimate of drug-likeness (QED) is 0.0132. The molecule has 2 aromatic carbocycles. The van der Waals surface area contributed by atoms with Crippen LogP contribution in [0.15, 0.2) is 77.4 Å². The number of primary amides is 1. The Balaban J connectivity index is 1.12. The van der Waals surface area contributed by atoms with Crippen LogP contribution in [-0.2, 0) is 126 Å². The molecule has 9 amide bonds. The normalized spacial score (nSPS) is 16.3. The molecule has 145 heavy (non-hydrogen) atoms. The fourth-order valence-corrected chi connectivity index (χ4v) is 18.8. The van der Waals surface area contributed by atoms with Crippen molar-refractivity contribution in [3.8, 4) is 0 Å². The topological polar surface area (TPSA) is 635 Å². The summed E-state index contributed by atoms with van der Waals surface area (Å²) in [5, 5.41) is 66.4. The number of anilines is 1. The van der Waals surface area contributed by atoms with Gasteiger partial charge < -0.3 is 87.8 Å². The first kappa shape index (κ1) is 123. The van der Waals surface area contributed by atoms with Crippen LogP contribution in [0.2, 0.25) is 0 Å². The van der Waals surface area contributed by atoms with Crippen molar-refractivity contribution >= 4 is 157 Å². The highest BCUT2D eigenvalue weighted by Crippen LogP contribution is 2.49. The standard InChI is InChI=1S/C102H147N11O30S2/c1-12-49-142-60-89(122)113-48-22-26-80(113)100(138)110-76(51-62(3)4)81(116)39-40-88(121)106-77(61-144-11)82(117)53-64(6)96(134)105-58-68(114)24-23-50-143-59-69(115)54-65(31-41-90(123)124)97(135)107-73(35-44-93(129)130)83(118)55-66(32-42-91(125)126)98(136)108-74(36-45-94(131)132)84(119)56-67(33-43-92(127)128)99(137)109-75(95(103)133)25-19-20-46-104-87(120)29-18-15-21-47-112-79-38-34-70(145(139,140)141)57-72(79)102(9,10)86(112)28-17-14-16-27-85-101(7,8)71-52-63(5)30-37-78(71)111(85)13-2/h14,16-17,27-28,30,34,37-38,52,57,62,64-67,73-77,80H,12-13,15,18-26,29,31-33,35-36,39-51,53-56,58-61H2,1-11H3,(H14-,103,104,105,106,107,108,109,110,120,121,123,124,125,126,127,128,129,130,131,132,133,134,135,136,137,138,139,140,141)/p+1/t64-,65+,66+,67+,73-,74-,75-,76+,77+,80+/m1/s1. The number of hydrogen-bond acceptors (Lipinski definition) is 26. The van der Waals surface area contributed by atoms with Crippen molar-refractivity contribution in [1.82, 2.24) is 42.1 Å². The van der Waals surface area contributed by atoms with Gasteiger partial charge in [0, 0.05) is 180 Å². The number of Topliss-reactive ketones (excluding diaryl/α,β-unsaturated/α-hetero) is 6. The summed E-state index contributed by atoms with van der Waals surface area (Å²) in [6.45, 7) is 20.2. The maximum absolute atomic E-state index is 14.4. The zero-order valence-corrected chi connectivity index (χ0v) is 86.6. The lowest BCUT2D eigenvalue weighted by Gasteiger charge is -2.27. The number of fused-ring (bicyclic) bond motifs is 2. The fraction of sp³-hybridized carbons (Fsp3) is 0.618. The number of unbranched alkanes of at least 4 members (excludes halogenated alkanes) is 3. The second-order valence-electron chi connectivity index (χ2n) is 38.6. The largest absolute Gasteiger partial charge is 0.481 e. The van der Waals surface area contributed by atoms with Gasteiger partial charge >= 0.3 is 29.8 Å². The number of nitrogens with one attached hydrogen (secondary N) is 7. The summed E-state index contributed by atoms with van der Waals surface area (Å²) < 4.78 is 47.9. The van der Waals surface area contributed by atoms with Gasteiger partial charge in [0.25, 0.3) is 10.1 Å². The van der Waals surface area contributed by atoms with Gasteiger partial charge in [0.05, 0.1) is 41.0 Å². The third kappa shape index (κ3) is 41.8. The van der Waals surface area contributed by atoms with Gasteiger partial charge in [0.2, 0.25) is 58.9 Å². The molecule has 3 aliphatic rings. The number of allylic oxidation sites excluding steroid dienone is 6. The van der Waals surface area contributed by atoms with Gasteiger partial charge in [-0.2, -0.15) is 24.8 Å². The van der Waals surface area contributed by atoms with Gasteiger partial charge in [-0.05, 0) is 172 Å². The molecule has 802 valence electrons. The summed E-state index contributed by atoms with van der Waals surface area (Å²) in [6, 6.07) is 3.14. The molecule has 43 heteroatoms. The van der Waals surface area contributed by atoms with Crippen LogP contribution in [0.4, 0.5) is 11.4 Å². The Hall–Kier alpha value is -12.1. The minimum absolute atomic E-state index is 0.000144. The third-order valence-electron chi connectivity index (χ3n) is 25.7. The van der Waals surface area contributed by atoms with Crippen molar-refractivity contribution in [2.45, 2.75) is 307 Å². The summed E-state index contributed by atoms with van der Waals surface area (Å²) in [5.41, 5.74) is 11.9. The lowest BCUT2D eigenvalue weighted by Crippen LogP contribution is -2.52. The van der Waals surface area contributed by atoms with E-state index < -0.39 is 278 Å². The number of aryl methyl sites for hydroxylation is 1. The molecule has 1 saturated heterocycles. The Morgan fingerprint density at radius 1 is 0.545 bits per heavy atom. The van der Waals surface area contributed by atoms with Crippen molar-refractivity contribution in [2.75, 3.05) is 76.1 Å². The number of ketones is 6. The SMILES string of the molecule is CCCOCC(=O)N1CCC[C@H]1C(=O)N[C@@H](CC(C)C)C(=O)CCC(=O)N[C@@H](CSC)C(=O)C[C@@H](C)C(=O)NCC(=O)CCCOCC(=O)C[C@H](CCC(=O)O)C(=O)N[C@H](CCC(=O)O)C(=O)C[C@H](CCC(=O)O)C(=O)N[C@H](CCC(=O)O)C(=O)C[C@H](CCC(=O)O)C(=O)N[C@H](CCCCNC(=O)CCCCCN1/C(=C/C=C/C=C/C2=[N+](CC)c3ccc(C)cc3C2(C)C)C(C)(C)c2cc(S(=O)(=O)O)ccc21)C(N)=O. The second-order valence-corrected chi connectivity index (χ2v) is 40.9. The number of benzene rings is 2. The molecule has 15 N–H and O–H groups in total. The summed E-state index contributed by atoms with van der Waals surface area (Å²) in [6.07, 6.45) is 5.10. The monoisotopic (exact) mass is 2070 g/mol. The average molecular weight is 2070 g/mol. The lowest BCUT2D eigenvalue weighted by molar-refractivity contribution is -0.433. The van der Waals surface area contributed by atoms with Crippen LogP contribution in [0.25, 0.3) is 0 Å². The van der Waals surface area contributed by atoms with E-state index in [1.54, 1.807) is 12.3 Å². The number of nitrogens with two attached hydrogens (primary N) is 1. The van der Waals surface area contributed by atoms with E-state index in [1.165, 1.54) is 52.5 Å². The molecule has 10 atom stereocenters. The van der Waals surface area contributed by atoms with Crippen LogP contribution in [0.5, 0.6) is 0 Å². The molecular formula is C102H148N11O30S2+. The molecule has 5 rings (SSSR count). The van der Waals surface area contributed by atoms with Crippen LogP contribution in [-0.4, -0.2) is 279 Å². The number of carboxylic acid groups (broad SMARTS) is 5. The van der Waals surface area contributed by atoms with Crippen LogP contribution in [0.3, 0.4) is 0 Å². The number of carboxylic acids is 5. The van der Waals surface area contributed by atoms with Gasteiger partial charge in [-0.1, -0.05) is 77.8 Å². The van der Waals surface area contributed by atoms with E-state index in [2.05, 4.69) is 98.7 Å². The summed E-state index contributed by atoms with van der Waals surface area (Å²) >= 11 is 1.24. The van der Waals surface area contributed by atoms with Crippen LogP contribution in [0, 0.1) is 36.5 Å². The van der Waals surface area contributed by atoms with Crippen molar-refractivity contribution in [2.24, 2.45) is 35.3 Å². The Kier molecular flexibility index (Phi) is 52.2. The fourth-order valence-electron chi connectivity index (χ4n) is 17.7. The summed E-state index contributed by atoms with van der Waals surface area (Å²) in [7, 11) is -4.53. The molecule has 3 heterocycles. The number of amides is 9. The van der Waals surface area contributed by atoms with Crippen molar-refractivity contribution in [1.29, 1.82) is 0 Å². The maximum atomic E-state index is 14.4. The Morgan fingerprint density at radius 3 is 1.68 bits per heavy atom. The molecule has 41 nitrogen and oxygen atoms in total. The molecule has 1 fully saturated rings. The number of ether oxygens (including phenoxy) is 2. The number of rotatable bonds is 73. The molecule has 3 aliphatic heterocycles. The molecule has 2 aromatic rings. The molecule has 0 spiro atoms. The van der Waals surface area contributed by atoms with Gasteiger partial charge in [-0.3, -0.25) is 100 Å². The highest BCUT2D eigenvalue weighted by Gasteiger charge is 2.46. The van der Waals surface area contributed by atoms with Gasteiger partial charge in [-0.15, -0.1) is 0 Å². The Bertz CT molecular complexity index is 5200. The third-order valence-corrected chi connectivity index (χ3v) is 27.2. The first-order valence-electron chi connectivity index (χ1n) is 49.6. The first-order chi connectivity index (χ1) is 68.3. The lowest BCUT2D eigenvalue weighted by atomic mass is 9.81. The molecular weight excluding hydrogens is 1920 g/mol. The smallest absolute Gasteiger partial charge is 0.303 e. The van der Waals surface area contributed by atoms with E-state index >= 15 is 0 Å². The Labute approximate surface area is 850 Å². The van der Waals surface area contributed by atoms with E-state index in [1.807, 2.05) is 58.9 Å². The molecule has 0 saturated carbocycles. The number of carbonyl (C=O) groups is 20. The molecule has 0 unspecified atom stereocenters. The molecule has 0 aromatic heterocycles. The van der Waals surface area contributed by atoms with Gasteiger partial charge in [-0.25, -0.2) is 0 Å². The summed E-state index contributed by atoms with van der Waals surface area (Å²) in [4.78, 5) is 267. The van der Waals surface area contributed by atoms with E-state index in [-0.39, 0.29) is 118 Å². The highest BCUT2D eigenvalue weighted by atomic mass is 32.2. The molecule has 0 radical (unpaired) electrons. The number of likely N-dealkylation sites (tertiary alicyclic amines) is 1. The predicted molar refractivity (Wildman–Crippen MR) is 535 cm³/mol. The number of aliphatic carboxylic acids is 5. The van der Waals surface area contributed by atoms with Crippen LogP contribution >= 0.6 is 11.8 Å².